The Kier molecular flexibility index (Phi) is 4.95. The van der Waals surface area contributed by atoms with E-state index in [4.69, 9.17) is 5.11 Å². The number of piperidine rings is 1. The van der Waals surface area contributed by atoms with Crippen LogP contribution in [0.2, 0.25) is 0 Å². The fraction of sp³-hybridized carbons (Fsp3) is 0.250. The lowest BCUT2D eigenvalue weighted by Crippen LogP contribution is -2.38. The Balaban J connectivity index is 1.40. The SMILES string of the molecule is O=C(O)c1cnn(C2CCN(C(=O)c3ccc(-c4ccc(F)cc4)s3)CC2)c1. The zero-order valence-corrected chi connectivity index (χ0v) is 15.7. The largest absolute Gasteiger partial charge is 0.478 e. The van der Waals surface area contributed by atoms with Crippen LogP contribution < -0.4 is 0 Å². The molecular formula is C20H18FN3O3S. The number of nitrogens with zero attached hydrogens (tertiary/aromatic N) is 3. The van der Waals surface area contributed by atoms with Crippen LogP contribution in [0.5, 0.6) is 0 Å². The second-order valence-corrected chi connectivity index (χ2v) is 7.79. The molecule has 0 spiro atoms. The van der Waals surface area contributed by atoms with Crippen LogP contribution in [0.4, 0.5) is 4.39 Å². The highest BCUT2D eigenvalue weighted by Crippen LogP contribution is 2.30. The standard InChI is InChI=1S/C20H18FN3O3S/c21-15-3-1-13(2-4-15)17-5-6-18(28-17)19(25)23-9-7-16(8-10-23)24-12-14(11-22-24)20(26)27/h1-6,11-12,16H,7-10H2,(H,26,27). The monoisotopic (exact) mass is 399 g/mol. The minimum atomic E-state index is -0.992. The summed E-state index contributed by atoms with van der Waals surface area (Å²) >= 11 is 1.40. The number of carbonyl (C=O) groups excluding carboxylic acids is 1. The molecule has 1 N–H and O–H groups in total. The van der Waals surface area contributed by atoms with Crippen molar-refractivity contribution >= 4 is 23.2 Å². The molecule has 3 heterocycles. The first kappa shape index (κ1) is 18.4. The van der Waals surface area contributed by atoms with E-state index in [-0.39, 0.29) is 23.3 Å². The molecule has 28 heavy (non-hydrogen) atoms. The number of carboxylic acids is 1. The van der Waals surface area contributed by atoms with Gasteiger partial charge in [-0.3, -0.25) is 9.48 Å². The second kappa shape index (κ2) is 7.55. The van der Waals surface area contributed by atoms with E-state index in [2.05, 4.69) is 5.10 Å². The smallest absolute Gasteiger partial charge is 0.338 e. The van der Waals surface area contributed by atoms with Gasteiger partial charge in [-0.2, -0.15) is 5.10 Å². The summed E-state index contributed by atoms with van der Waals surface area (Å²) < 4.78 is 14.8. The highest BCUT2D eigenvalue weighted by Gasteiger charge is 2.26. The van der Waals surface area contributed by atoms with Gasteiger partial charge in [0, 0.05) is 24.2 Å². The van der Waals surface area contributed by atoms with Crippen molar-refractivity contribution in [2.45, 2.75) is 18.9 Å². The van der Waals surface area contributed by atoms with Crippen LogP contribution in [0.25, 0.3) is 10.4 Å². The fourth-order valence-electron chi connectivity index (χ4n) is 3.36. The quantitative estimate of drug-likeness (QED) is 0.721. The van der Waals surface area contributed by atoms with E-state index in [1.54, 1.807) is 23.0 Å². The Morgan fingerprint density at radius 3 is 2.46 bits per heavy atom. The number of thiophene rings is 1. The predicted molar refractivity (Wildman–Crippen MR) is 103 cm³/mol. The predicted octanol–water partition coefficient (Wildman–Crippen LogP) is 3.93. The normalized spacial score (nSPS) is 15.0. The molecule has 0 aliphatic carbocycles. The summed E-state index contributed by atoms with van der Waals surface area (Å²) in [7, 11) is 0. The van der Waals surface area contributed by atoms with Gasteiger partial charge in [0.15, 0.2) is 0 Å². The van der Waals surface area contributed by atoms with Crippen molar-refractivity contribution in [3.05, 3.63) is 65.0 Å². The van der Waals surface area contributed by atoms with Gasteiger partial charge in [-0.25, -0.2) is 9.18 Å². The highest BCUT2D eigenvalue weighted by molar-refractivity contribution is 7.17. The maximum Gasteiger partial charge on any atom is 0.338 e. The Morgan fingerprint density at radius 2 is 1.82 bits per heavy atom. The van der Waals surface area contributed by atoms with Crippen molar-refractivity contribution in [1.82, 2.24) is 14.7 Å². The lowest BCUT2D eigenvalue weighted by atomic mass is 10.1. The molecule has 1 amide bonds. The zero-order valence-electron chi connectivity index (χ0n) is 14.9. The van der Waals surface area contributed by atoms with Crippen molar-refractivity contribution in [3.8, 4) is 10.4 Å². The maximum absolute atomic E-state index is 13.1. The summed E-state index contributed by atoms with van der Waals surface area (Å²) in [5, 5.41) is 13.2. The third-order valence-electron chi connectivity index (χ3n) is 4.92. The summed E-state index contributed by atoms with van der Waals surface area (Å²) in [5.74, 6) is -1.29. The van der Waals surface area contributed by atoms with Crippen molar-refractivity contribution in [2.75, 3.05) is 13.1 Å². The van der Waals surface area contributed by atoms with Gasteiger partial charge >= 0.3 is 5.97 Å². The summed E-state index contributed by atoms with van der Waals surface area (Å²) in [6.07, 6.45) is 4.34. The summed E-state index contributed by atoms with van der Waals surface area (Å²) in [6.45, 7) is 1.19. The van der Waals surface area contributed by atoms with Gasteiger partial charge in [0.05, 0.1) is 22.7 Å². The van der Waals surface area contributed by atoms with E-state index in [0.717, 1.165) is 23.3 Å². The number of halogens is 1. The molecule has 0 radical (unpaired) electrons. The number of hydrogen-bond donors (Lipinski definition) is 1. The molecule has 1 fully saturated rings. The summed E-state index contributed by atoms with van der Waals surface area (Å²) in [4.78, 5) is 27.2. The van der Waals surface area contributed by atoms with Gasteiger partial charge in [0.2, 0.25) is 0 Å². The average molecular weight is 399 g/mol. The number of carboxylic acid groups (broad SMARTS) is 1. The van der Waals surface area contributed by atoms with E-state index >= 15 is 0 Å². The van der Waals surface area contributed by atoms with E-state index < -0.39 is 5.97 Å². The van der Waals surface area contributed by atoms with Crippen LogP contribution in [-0.4, -0.2) is 44.8 Å². The first-order chi connectivity index (χ1) is 13.5. The number of rotatable bonds is 4. The van der Waals surface area contributed by atoms with E-state index in [1.165, 1.54) is 29.7 Å². The van der Waals surface area contributed by atoms with Crippen LogP contribution in [0.15, 0.2) is 48.8 Å². The minimum Gasteiger partial charge on any atom is -0.478 e. The average Bonchev–Trinajstić information content (AvgIpc) is 3.38. The van der Waals surface area contributed by atoms with E-state index in [0.29, 0.717) is 18.0 Å². The third kappa shape index (κ3) is 3.68. The number of amides is 1. The Bertz CT molecular complexity index is 1000. The lowest BCUT2D eigenvalue weighted by molar-refractivity contribution is 0.0691. The van der Waals surface area contributed by atoms with Gasteiger partial charge in [-0.05, 0) is 42.7 Å². The molecule has 0 bridgehead atoms. The van der Waals surface area contributed by atoms with Gasteiger partial charge in [-0.1, -0.05) is 12.1 Å². The van der Waals surface area contributed by atoms with Crippen LogP contribution >= 0.6 is 11.3 Å². The van der Waals surface area contributed by atoms with Gasteiger partial charge in [0.25, 0.3) is 5.91 Å². The Labute approximate surface area is 164 Å². The van der Waals surface area contributed by atoms with Crippen LogP contribution in [0.1, 0.15) is 38.9 Å². The van der Waals surface area contributed by atoms with Gasteiger partial charge in [0.1, 0.15) is 5.82 Å². The number of hydrogen-bond acceptors (Lipinski definition) is 4. The van der Waals surface area contributed by atoms with Crippen molar-refractivity contribution in [1.29, 1.82) is 0 Å². The van der Waals surface area contributed by atoms with Crippen LogP contribution in [-0.2, 0) is 0 Å². The van der Waals surface area contributed by atoms with Crippen molar-refractivity contribution < 1.29 is 19.1 Å². The molecule has 1 aliphatic rings. The van der Waals surface area contributed by atoms with Crippen LogP contribution in [0, 0.1) is 5.82 Å². The first-order valence-electron chi connectivity index (χ1n) is 8.94. The van der Waals surface area contributed by atoms with Gasteiger partial charge < -0.3 is 10.0 Å². The Morgan fingerprint density at radius 1 is 1.11 bits per heavy atom. The van der Waals surface area contributed by atoms with Crippen molar-refractivity contribution in [3.63, 3.8) is 0 Å². The highest BCUT2D eigenvalue weighted by atomic mass is 32.1. The number of aromatic nitrogens is 2. The molecular weight excluding hydrogens is 381 g/mol. The molecule has 3 aromatic rings. The van der Waals surface area contributed by atoms with E-state index in [1.807, 2.05) is 17.0 Å². The molecule has 1 saturated heterocycles. The maximum atomic E-state index is 13.1. The fourth-order valence-corrected chi connectivity index (χ4v) is 4.34. The topological polar surface area (TPSA) is 75.4 Å². The summed E-state index contributed by atoms with van der Waals surface area (Å²) in [5.41, 5.74) is 1.06. The molecule has 0 saturated carbocycles. The van der Waals surface area contributed by atoms with Crippen molar-refractivity contribution in [2.24, 2.45) is 0 Å². The molecule has 2 aromatic heterocycles. The second-order valence-electron chi connectivity index (χ2n) is 6.71. The number of likely N-dealkylation sites (tertiary alicyclic amines) is 1. The van der Waals surface area contributed by atoms with E-state index in [9.17, 15) is 14.0 Å². The number of aromatic carboxylic acids is 1. The van der Waals surface area contributed by atoms with Crippen LogP contribution in [0.3, 0.4) is 0 Å². The molecule has 1 aromatic carbocycles. The zero-order chi connectivity index (χ0) is 19.7. The van der Waals surface area contributed by atoms with Gasteiger partial charge in [-0.15, -0.1) is 11.3 Å². The molecule has 144 valence electrons. The number of benzene rings is 1. The third-order valence-corrected chi connectivity index (χ3v) is 6.04. The molecule has 8 heteroatoms. The Hall–Kier alpha value is -3.00. The molecule has 4 rings (SSSR count). The first-order valence-corrected chi connectivity index (χ1v) is 9.75. The number of carbonyl (C=O) groups is 2. The molecule has 0 atom stereocenters. The molecule has 1 aliphatic heterocycles. The summed E-state index contributed by atoms with van der Waals surface area (Å²) in [6, 6.07) is 10.0. The molecule has 0 unspecified atom stereocenters. The minimum absolute atomic E-state index is 0.0106. The lowest BCUT2D eigenvalue weighted by Gasteiger charge is -2.31. The molecule has 6 nitrogen and oxygen atoms in total.